The first-order valence-electron chi connectivity index (χ1n) is 12.0. The van der Waals surface area contributed by atoms with Gasteiger partial charge in [0.1, 0.15) is 5.76 Å². The number of ether oxygens (including phenoxy) is 3. The molecule has 11 nitrogen and oxygen atoms in total. The number of esters is 2. The predicted octanol–water partition coefficient (Wildman–Crippen LogP) is 0.370. The molecule has 1 spiro atoms. The monoisotopic (exact) mass is 503 g/mol. The molecule has 36 heavy (non-hydrogen) atoms. The van der Waals surface area contributed by atoms with Gasteiger partial charge in [-0.3, -0.25) is 4.79 Å². The van der Waals surface area contributed by atoms with Gasteiger partial charge in [0.25, 0.3) is 0 Å². The molecule has 1 aromatic rings. The van der Waals surface area contributed by atoms with Crippen LogP contribution in [0.5, 0.6) is 11.5 Å². The summed E-state index contributed by atoms with van der Waals surface area (Å²) < 4.78 is 16.4. The zero-order chi connectivity index (χ0) is 26.0. The molecule has 4 N–H and O–H groups in total. The Bertz CT molecular complexity index is 1160. The van der Waals surface area contributed by atoms with Crippen molar-refractivity contribution in [2.75, 3.05) is 13.6 Å². The lowest BCUT2D eigenvalue weighted by molar-refractivity contribution is -0.168. The van der Waals surface area contributed by atoms with E-state index in [4.69, 9.17) is 14.6 Å². The number of hydrogen-bond acceptors (Lipinski definition) is 10. The number of hydrogen-bond donors (Lipinski definition) is 4. The van der Waals surface area contributed by atoms with Crippen LogP contribution in [0.4, 0.5) is 0 Å². The average Bonchev–Trinajstić information content (AvgIpc) is 3.15. The molecule has 11 heteroatoms. The fourth-order valence-electron chi connectivity index (χ4n) is 6.41. The highest BCUT2D eigenvalue weighted by Gasteiger charge is 2.71. The molecule has 0 unspecified atom stereocenters. The normalized spacial score (nSPS) is 31.7. The minimum Gasteiger partial charge on any atom is -0.504 e. The maximum Gasteiger partial charge on any atom is 0.344 e. The summed E-state index contributed by atoms with van der Waals surface area (Å²) in [5, 5.41) is 41.9. The second-order valence-corrected chi connectivity index (χ2v) is 10.1. The molecule has 5 rings (SSSR count). The summed E-state index contributed by atoms with van der Waals surface area (Å²) in [7, 11) is 1.97. The van der Waals surface area contributed by atoms with Crippen LogP contribution in [0.3, 0.4) is 0 Å². The first-order chi connectivity index (χ1) is 17.0. The number of carbonyl (C=O) groups excluding carboxylic acids is 2. The number of carboxylic acids is 1. The topological polar surface area (TPSA) is 163 Å². The van der Waals surface area contributed by atoms with E-state index in [9.17, 15) is 29.7 Å². The van der Waals surface area contributed by atoms with Gasteiger partial charge in [-0.1, -0.05) is 6.07 Å². The Labute approximate surface area is 206 Å². The number of aliphatic hydroxyl groups is 2. The summed E-state index contributed by atoms with van der Waals surface area (Å²) in [4.78, 5) is 37.6. The number of nitrogens with zero attached hydrogens (tertiary/aromatic N) is 1. The summed E-state index contributed by atoms with van der Waals surface area (Å²) in [5.41, 5.74) is -0.540. The molecule has 2 aliphatic heterocycles. The van der Waals surface area contributed by atoms with E-state index in [1.807, 2.05) is 13.1 Å². The fraction of sp³-hybridized carbons (Fsp3) is 0.560. The zero-order valence-electron chi connectivity index (χ0n) is 20.0. The Kier molecular flexibility index (Phi) is 5.77. The first-order valence-corrected chi connectivity index (χ1v) is 12.0. The summed E-state index contributed by atoms with van der Waals surface area (Å²) in [6.07, 6.45) is -1.48. The van der Waals surface area contributed by atoms with Crippen molar-refractivity contribution in [3.8, 4) is 11.5 Å². The molecule has 1 saturated heterocycles. The molecule has 2 aliphatic carbocycles. The predicted molar refractivity (Wildman–Crippen MR) is 121 cm³/mol. The highest BCUT2D eigenvalue weighted by Crippen LogP contribution is 2.64. The quantitative estimate of drug-likeness (QED) is 0.397. The summed E-state index contributed by atoms with van der Waals surface area (Å²) in [6.45, 7) is 1.90. The van der Waals surface area contributed by atoms with E-state index in [1.165, 1.54) is 0 Å². The molecule has 0 radical (unpaired) electrons. The van der Waals surface area contributed by atoms with E-state index in [1.54, 1.807) is 12.1 Å². The SMILES string of the molecule is C[C@H](OC(=O)C[C@H](O)C(=O)OC1=CC[C@@]2(O)[C@H]3Cc4ccc(O)c5c4[C@@]2(CCCN3C)[C@H]1O5)C(=O)O. The number of likely N-dealkylation sites (N-methyl/N-ethyl adjacent to an activating group) is 1. The lowest BCUT2D eigenvalue weighted by atomic mass is 9.52. The molecule has 0 aromatic heterocycles. The molecule has 2 bridgehead atoms. The van der Waals surface area contributed by atoms with Crippen molar-refractivity contribution in [2.45, 2.75) is 74.4 Å². The number of aromatic hydroxyl groups is 1. The maximum absolute atomic E-state index is 12.7. The minimum absolute atomic E-state index is 0.0723. The van der Waals surface area contributed by atoms with Crippen LogP contribution in [0.1, 0.15) is 43.7 Å². The van der Waals surface area contributed by atoms with Gasteiger partial charge in [0, 0.05) is 18.0 Å². The van der Waals surface area contributed by atoms with Crippen molar-refractivity contribution in [3.63, 3.8) is 0 Å². The number of carbonyl (C=O) groups is 3. The van der Waals surface area contributed by atoms with Crippen LogP contribution in [-0.4, -0.2) is 86.8 Å². The van der Waals surface area contributed by atoms with E-state index >= 15 is 0 Å². The van der Waals surface area contributed by atoms with Crippen LogP contribution in [0.15, 0.2) is 24.0 Å². The first kappa shape index (κ1) is 24.5. The van der Waals surface area contributed by atoms with Crippen LogP contribution >= 0.6 is 0 Å². The molecule has 6 atom stereocenters. The van der Waals surface area contributed by atoms with E-state index in [2.05, 4.69) is 9.64 Å². The van der Waals surface area contributed by atoms with Crippen molar-refractivity contribution in [1.82, 2.24) is 4.90 Å². The fourth-order valence-corrected chi connectivity index (χ4v) is 6.41. The maximum atomic E-state index is 12.7. The number of aliphatic hydroxyl groups excluding tert-OH is 1. The number of benzene rings is 1. The smallest absolute Gasteiger partial charge is 0.344 e. The van der Waals surface area contributed by atoms with Gasteiger partial charge < -0.3 is 39.5 Å². The Morgan fingerprint density at radius 1 is 1.31 bits per heavy atom. The van der Waals surface area contributed by atoms with E-state index in [-0.39, 0.29) is 29.7 Å². The average molecular weight is 504 g/mol. The Balaban J connectivity index is 1.44. The molecule has 1 aromatic carbocycles. The molecule has 0 amide bonds. The molecule has 4 aliphatic rings. The highest BCUT2D eigenvalue weighted by molar-refractivity contribution is 5.84. The molecular weight excluding hydrogens is 474 g/mol. The molecule has 0 saturated carbocycles. The van der Waals surface area contributed by atoms with Crippen LogP contribution in [0, 0.1) is 0 Å². The van der Waals surface area contributed by atoms with Crippen molar-refractivity contribution in [2.24, 2.45) is 0 Å². The van der Waals surface area contributed by atoms with Crippen molar-refractivity contribution >= 4 is 17.9 Å². The zero-order valence-corrected chi connectivity index (χ0v) is 20.0. The second-order valence-electron chi connectivity index (χ2n) is 10.1. The number of carboxylic acid groups (broad SMARTS) is 1. The van der Waals surface area contributed by atoms with Gasteiger partial charge in [0.15, 0.2) is 29.8 Å². The van der Waals surface area contributed by atoms with Crippen LogP contribution in [-0.2, 0) is 35.7 Å². The van der Waals surface area contributed by atoms with Gasteiger partial charge in [-0.25, -0.2) is 9.59 Å². The highest BCUT2D eigenvalue weighted by atomic mass is 16.6. The lowest BCUT2D eigenvalue weighted by Crippen LogP contribution is -2.69. The van der Waals surface area contributed by atoms with Crippen LogP contribution in [0.25, 0.3) is 0 Å². The molecular formula is C25H29NO10. The van der Waals surface area contributed by atoms with Gasteiger partial charge in [0.2, 0.25) is 0 Å². The van der Waals surface area contributed by atoms with Crippen LogP contribution in [0.2, 0.25) is 0 Å². The molecule has 2 heterocycles. The summed E-state index contributed by atoms with van der Waals surface area (Å²) in [6, 6.07) is 3.17. The van der Waals surface area contributed by atoms with Crippen LogP contribution < -0.4 is 4.74 Å². The van der Waals surface area contributed by atoms with E-state index in [0.717, 1.165) is 31.0 Å². The Morgan fingerprint density at radius 2 is 2.06 bits per heavy atom. The lowest BCUT2D eigenvalue weighted by Gasteiger charge is -2.56. The largest absolute Gasteiger partial charge is 0.504 e. The Hall–Kier alpha value is -3.15. The number of likely N-dealkylation sites (tertiary alicyclic amines) is 1. The third kappa shape index (κ3) is 3.40. The second kappa shape index (κ2) is 8.46. The van der Waals surface area contributed by atoms with Crippen molar-refractivity contribution in [1.29, 1.82) is 0 Å². The third-order valence-electron chi connectivity index (χ3n) is 8.08. The van der Waals surface area contributed by atoms with Gasteiger partial charge >= 0.3 is 17.9 Å². The van der Waals surface area contributed by atoms with E-state index < -0.39 is 53.7 Å². The minimum atomic E-state index is -1.90. The molecule has 194 valence electrons. The summed E-state index contributed by atoms with van der Waals surface area (Å²) >= 11 is 0. The van der Waals surface area contributed by atoms with E-state index in [0.29, 0.717) is 12.8 Å². The third-order valence-corrected chi connectivity index (χ3v) is 8.08. The number of rotatable bonds is 6. The van der Waals surface area contributed by atoms with Gasteiger partial charge in [-0.05, 0) is 57.5 Å². The Morgan fingerprint density at radius 3 is 2.78 bits per heavy atom. The standard InChI is InChI=1S/C25H29NO10/c1-12(22(30)31)34-18(29)11-15(28)23(32)35-16-6-8-25(33)17-10-13-4-5-14(27)20-19(13)24(25,21(16)36-20)7-3-9-26(17)2/h4-6,12,15,17,21,27-28,33H,3,7-11H2,1-2H3,(H,30,31)/t12-,15-,17+,21-,24-,25+/m0/s1. The van der Waals surface area contributed by atoms with Gasteiger partial charge in [-0.15, -0.1) is 0 Å². The number of phenols is 1. The van der Waals surface area contributed by atoms with Crippen molar-refractivity contribution in [3.05, 3.63) is 35.1 Å². The molecule has 1 fully saturated rings. The van der Waals surface area contributed by atoms with Gasteiger partial charge in [-0.2, -0.15) is 0 Å². The number of aliphatic carboxylic acids is 1. The van der Waals surface area contributed by atoms with Crippen molar-refractivity contribution < 1.29 is 49.0 Å². The number of phenolic OH excluding ortho intramolecular Hbond substituents is 1. The van der Waals surface area contributed by atoms with Gasteiger partial charge in [0.05, 0.1) is 17.4 Å². The summed E-state index contributed by atoms with van der Waals surface area (Å²) in [5.74, 6) is -3.29.